The topological polar surface area (TPSA) is 56.2 Å². The van der Waals surface area contributed by atoms with Crippen LogP contribution in [0.1, 0.15) is 12.8 Å². The van der Waals surface area contributed by atoms with Gasteiger partial charge in [-0.3, -0.25) is 4.79 Å². The van der Waals surface area contributed by atoms with Crippen LogP contribution >= 0.6 is 11.8 Å². The molecule has 6 heteroatoms. The molecule has 0 atom stereocenters. The number of thioether (sulfide) groups is 1. The van der Waals surface area contributed by atoms with Gasteiger partial charge in [-0.2, -0.15) is 0 Å². The van der Waals surface area contributed by atoms with Crippen LogP contribution in [-0.2, 0) is 16.1 Å². The average Bonchev–Trinajstić information content (AvgIpc) is 3.18. The van der Waals surface area contributed by atoms with Crippen LogP contribution in [0.25, 0.3) is 11.3 Å². The minimum absolute atomic E-state index is 0.0411. The van der Waals surface area contributed by atoms with E-state index in [9.17, 15) is 4.79 Å². The zero-order chi connectivity index (χ0) is 15.6. The number of carbonyl (C=O) groups is 1. The second-order valence-corrected chi connectivity index (χ2v) is 6.93. The maximum atomic E-state index is 12.5. The molecule has 2 aromatic rings. The Balaban J connectivity index is 1.57. The van der Waals surface area contributed by atoms with Gasteiger partial charge in [-0.05, 0) is 18.9 Å². The van der Waals surface area contributed by atoms with E-state index in [0.29, 0.717) is 13.2 Å². The van der Waals surface area contributed by atoms with Gasteiger partial charge in [-0.15, -0.1) is 0 Å². The summed E-state index contributed by atoms with van der Waals surface area (Å²) in [6, 6.07) is 7.89. The van der Waals surface area contributed by atoms with E-state index in [0.717, 1.165) is 47.2 Å². The van der Waals surface area contributed by atoms with Crippen molar-refractivity contribution in [2.45, 2.75) is 24.5 Å². The number of aromatic nitrogens is 2. The summed E-state index contributed by atoms with van der Waals surface area (Å²) < 4.78 is 7.51. The molecule has 0 spiro atoms. The third-order valence-electron chi connectivity index (χ3n) is 4.36. The molecule has 0 unspecified atom stereocenters. The quantitative estimate of drug-likeness (QED) is 0.940. The molecule has 0 bridgehead atoms. The molecule has 1 amide bonds. The maximum Gasteiger partial charge on any atom is 0.227 e. The lowest BCUT2D eigenvalue weighted by Gasteiger charge is -2.21. The summed E-state index contributed by atoms with van der Waals surface area (Å²) in [4.78, 5) is 17.2. The number of para-hydroxylation sites is 1. The van der Waals surface area contributed by atoms with Crippen molar-refractivity contribution in [2.75, 3.05) is 24.3 Å². The number of rotatable bonds is 3. The number of amides is 1. The van der Waals surface area contributed by atoms with Crippen LogP contribution in [0.4, 0.5) is 5.69 Å². The van der Waals surface area contributed by atoms with Crippen LogP contribution in [-0.4, -0.2) is 34.4 Å². The van der Waals surface area contributed by atoms with Gasteiger partial charge in [-0.25, -0.2) is 4.98 Å². The Labute approximate surface area is 139 Å². The highest BCUT2D eigenvalue weighted by molar-refractivity contribution is 7.99. The number of hydrogen-bond acceptors (Lipinski definition) is 4. The molecule has 1 aromatic heterocycles. The normalized spacial score (nSPS) is 17.9. The summed E-state index contributed by atoms with van der Waals surface area (Å²) in [5, 5.41) is 4.15. The molecule has 0 saturated carbocycles. The molecule has 3 heterocycles. The highest BCUT2D eigenvalue weighted by Gasteiger charge is 2.23. The van der Waals surface area contributed by atoms with E-state index in [2.05, 4.69) is 16.1 Å². The minimum atomic E-state index is 0.0411. The number of fused-ring (bicyclic) bond motifs is 1. The van der Waals surface area contributed by atoms with Crippen molar-refractivity contribution in [3.05, 3.63) is 30.5 Å². The van der Waals surface area contributed by atoms with E-state index in [1.807, 2.05) is 24.3 Å². The maximum absolute atomic E-state index is 12.5. The standard InChI is InChI=1S/C17H19N3O2S/c21-16(12-5-8-22-9-6-12)18-14-4-2-1-3-13(14)15-11-20-7-10-23-17(20)19-15/h1-4,11-12H,5-10H2,(H,18,21). The number of ether oxygens (including phenoxy) is 1. The Morgan fingerprint density at radius 2 is 2.13 bits per heavy atom. The SMILES string of the molecule is O=C(Nc1ccccc1-c1cn2c(n1)SCC2)C1CCOCC1. The Morgan fingerprint density at radius 3 is 2.96 bits per heavy atom. The second kappa shape index (κ2) is 6.37. The second-order valence-electron chi connectivity index (χ2n) is 5.87. The van der Waals surface area contributed by atoms with Crippen molar-refractivity contribution >= 4 is 23.4 Å². The smallest absolute Gasteiger partial charge is 0.227 e. The lowest BCUT2D eigenvalue weighted by Crippen LogP contribution is -2.28. The first-order valence-corrected chi connectivity index (χ1v) is 8.98. The van der Waals surface area contributed by atoms with Crippen LogP contribution in [0.2, 0.25) is 0 Å². The van der Waals surface area contributed by atoms with Crippen molar-refractivity contribution in [1.29, 1.82) is 0 Å². The predicted molar refractivity (Wildman–Crippen MR) is 90.6 cm³/mol. The van der Waals surface area contributed by atoms with Crippen LogP contribution in [0, 0.1) is 5.92 Å². The Morgan fingerprint density at radius 1 is 1.30 bits per heavy atom. The van der Waals surface area contributed by atoms with Gasteiger partial charge in [0.2, 0.25) is 5.91 Å². The zero-order valence-corrected chi connectivity index (χ0v) is 13.6. The van der Waals surface area contributed by atoms with Crippen molar-refractivity contribution in [2.24, 2.45) is 5.92 Å². The largest absolute Gasteiger partial charge is 0.381 e. The highest BCUT2D eigenvalue weighted by atomic mass is 32.2. The van der Waals surface area contributed by atoms with E-state index < -0.39 is 0 Å². The van der Waals surface area contributed by atoms with Crippen LogP contribution in [0.5, 0.6) is 0 Å². The Bertz CT molecular complexity index is 701. The Kier molecular flexibility index (Phi) is 4.10. The fraction of sp³-hybridized carbons (Fsp3) is 0.412. The summed E-state index contributed by atoms with van der Waals surface area (Å²) in [5.41, 5.74) is 2.75. The summed E-state index contributed by atoms with van der Waals surface area (Å²) >= 11 is 1.78. The number of carbonyl (C=O) groups excluding carboxylic acids is 1. The van der Waals surface area contributed by atoms with Gasteiger partial charge >= 0.3 is 0 Å². The molecule has 120 valence electrons. The average molecular weight is 329 g/mol. The van der Waals surface area contributed by atoms with Gasteiger partial charge in [-0.1, -0.05) is 30.0 Å². The molecule has 2 aliphatic heterocycles. The number of nitrogens with one attached hydrogen (secondary N) is 1. The first kappa shape index (κ1) is 14.8. The monoisotopic (exact) mass is 329 g/mol. The number of nitrogens with zero attached hydrogens (tertiary/aromatic N) is 2. The Hall–Kier alpha value is -1.79. The molecule has 4 rings (SSSR count). The first-order valence-electron chi connectivity index (χ1n) is 7.99. The molecule has 1 fully saturated rings. The lowest BCUT2D eigenvalue weighted by atomic mass is 9.99. The first-order chi connectivity index (χ1) is 11.3. The van der Waals surface area contributed by atoms with Crippen molar-refractivity contribution in [3.8, 4) is 11.3 Å². The molecular weight excluding hydrogens is 310 g/mol. The van der Waals surface area contributed by atoms with E-state index in [-0.39, 0.29) is 11.8 Å². The molecule has 0 radical (unpaired) electrons. The van der Waals surface area contributed by atoms with Gasteiger partial charge in [0.15, 0.2) is 5.16 Å². The molecule has 0 aliphatic carbocycles. The highest BCUT2D eigenvalue weighted by Crippen LogP contribution is 2.32. The molecule has 23 heavy (non-hydrogen) atoms. The van der Waals surface area contributed by atoms with E-state index in [1.54, 1.807) is 11.8 Å². The molecule has 1 saturated heterocycles. The predicted octanol–water partition coefficient (Wildman–Crippen LogP) is 3.02. The molecular formula is C17H19N3O2S. The summed E-state index contributed by atoms with van der Waals surface area (Å²) in [6.07, 6.45) is 3.67. The number of aryl methyl sites for hydroxylation is 1. The van der Waals surface area contributed by atoms with Crippen LogP contribution in [0.3, 0.4) is 0 Å². The molecule has 2 aliphatic rings. The van der Waals surface area contributed by atoms with E-state index in [1.165, 1.54) is 0 Å². The third-order valence-corrected chi connectivity index (χ3v) is 5.33. The third kappa shape index (κ3) is 3.01. The zero-order valence-electron chi connectivity index (χ0n) is 12.8. The number of anilines is 1. The molecule has 1 aromatic carbocycles. The van der Waals surface area contributed by atoms with Gasteiger partial charge < -0.3 is 14.6 Å². The summed E-state index contributed by atoms with van der Waals surface area (Å²) in [7, 11) is 0. The van der Waals surface area contributed by atoms with Crippen LogP contribution in [0.15, 0.2) is 35.6 Å². The van der Waals surface area contributed by atoms with Gasteiger partial charge in [0.25, 0.3) is 0 Å². The van der Waals surface area contributed by atoms with Crippen molar-refractivity contribution < 1.29 is 9.53 Å². The fourth-order valence-electron chi connectivity index (χ4n) is 3.05. The van der Waals surface area contributed by atoms with Gasteiger partial charge in [0.1, 0.15) is 0 Å². The van der Waals surface area contributed by atoms with Crippen LogP contribution < -0.4 is 5.32 Å². The number of benzene rings is 1. The van der Waals surface area contributed by atoms with Gasteiger partial charge in [0, 0.05) is 43.2 Å². The summed E-state index contributed by atoms with van der Waals surface area (Å²) in [6.45, 7) is 2.35. The van der Waals surface area contributed by atoms with Crippen molar-refractivity contribution in [3.63, 3.8) is 0 Å². The minimum Gasteiger partial charge on any atom is -0.381 e. The molecule has 1 N–H and O–H groups in total. The molecule has 5 nitrogen and oxygen atoms in total. The number of hydrogen-bond donors (Lipinski definition) is 1. The fourth-order valence-corrected chi connectivity index (χ4v) is 3.99. The van der Waals surface area contributed by atoms with Gasteiger partial charge in [0.05, 0.1) is 11.4 Å². The lowest BCUT2D eigenvalue weighted by molar-refractivity contribution is -0.122. The summed E-state index contributed by atoms with van der Waals surface area (Å²) in [5.74, 6) is 1.21. The van der Waals surface area contributed by atoms with E-state index in [4.69, 9.17) is 9.72 Å². The van der Waals surface area contributed by atoms with E-state index >= 15 is 0 Å². The van der Waals surface area contributed by atoms with Crippen molar-refractivity contribution in [1.82, 2.24) is 9.55 Å². The number of imidazole rings is 1.